The van der Waals surface area contributed by atoms with Crippen molar-refractivity contribution in [1.82, 2.24) is 0 Å². The average Bonchev–Trinajstić information content (AvgIpc) is 2.66. The van der Waals surface area contributed by atoms with Crippen molar-refractivity contribution >= 4 is 5.78 Å². The number of Topliss-reactive ketones (excluding diaryl/α,β-unsaturated/α-hetero) is 1. The Labute approximate surface area is 97.0 Å². The summed E-state index contributed by atoms with van der Waals surface area (Å²) in [5.74, 6) is 0.151. The predicted octanol–water partition coefficient (Wildman–Crippen LogP) is 2.77. The summed E-state index contributed by atoms with van der Waals surface area (Å²) in [6.07, 6.45) is 11.6. The van der Waals surface area contributed by atoms with Crippen molar-refractivity contribution in [2.24, 2.45) is 5.41 Å². The van der Waals surface area contributed by atoms with Crippen LogP contribution in [0.1, 0.15) is 45.4 Å². The molecular weight excluding hydrogens is 200 g/mol. The monoisotopic (exact) mass is 220 g/mol. The first kappa shape index (κ1) is 11.6. The molecule has 0 aromatic carbocycles. The number of ketones is 1. The first-order valence-corrected chi connectivity index (χ1v) is 6.21. The topological polar surface area (TPSA) is 37.3 Å². The molecule has 0 bridgehead atoms. The van der Waals surface area contributed by atoms with E-state index in [1.165, 1.54) is 6.42 Å². The van der Waals surface area contributed by atoms with Gasteiger partial charge in [0, 0.05) is 11.8 Å². The molecule has 0 amide bonds. The van der Waals surface area contributed by atoms with Crippen LogP contribution in [-0.2, 0) is 4.79 Å². The highest BCUT2D eigenvalue weighted by Crippen LogP contribution is 2.47. The third-order valence-electron chi connectivity index (χ3n) is 3.74. The molecule has 88 valence electrons. The van der Waals surface area contributed by atoms with Crippen LogP contribution in [0.25, 0.3) is 0 Å². The molecule has 0 radical (unpaired) electrons. The molecule has 1 N–H and O–H groups in total. The minimum atomic E-state index is -0.526. The number of carbonyl (C=O) groups is 1. The van der Waals surface area contributed by atoms with E-state index in [9.17, 15) is 9.90 Å². The van der Waals surface area contributed by atoms with Gasteiger partial charge in [-0.25, -0.2) is 0 Å². The molecule has 2 aliphatic rings. The fraction of sp³-hybridized carbons (Fsp3) is 0.643. The Morgan fingerprint density at radius 3 is 2.81 bits per heavy atom. The number of hydrogen-bond donors (Lipinski definition) is 1. The Morgan fingerprint density at radius 1 is 1.50 bits per heavy atom. The summed E-state index contributed by atoms with van der Waals surface area (Å²) in [7, 11) is 0. The van der Waals surface area contributed by atoms with Gasteiger partial charge in [-0.3, -0.25) is 4.79 Å². The van der Waals surface area contributed by atoms with Crippen LogP contribution < -0.4 is 0 Å². The van der Waals surface area contributed by atoms with Crippen molar-refractivity contribution < 1.29 is 9.90 Å². The van der Waals surface area contributed by atoms with Crippen LogP contribution in [0.5, 0.6) is 0 Å². The standard InChI is InChI=1S/C14H20O2/c1-11(15)10-13(16)12-6-2-3-7-14(12)8-4-5-9-14/h4-6,11,15H,2-3,7-10H2,1H3. The normalized spacial score (nSPS) is 24.5. The molecule has 0 fully saturated rings. The third kappa shape index (κ3) is 2.12. The zero-order chi connectivity index (χ0) is 11.6. The number of allylic oxidation sites excluding steroid dienone is 4. The van der Waals surface area contributed by atoms with E-state index in [-0.39, 0.29) is 17.6 Å². The second-order valence-electron chi connectivity index (χ2n) is 5.15. The van der Waals surface area contributed by atoms with Gasteiger partial charge in [0.05, 0.1) is 6.10 Å². The largest absolute Gasteiger partial charge is 0.393 e. The zero-order valence-electron chi connectivity index (χ0n) is 9.91. The van der Waals surface area contributed by atoms with E-state index >= 15 is 0 Å². The molecule has 2 nitrogen and oxygen atoms in total. The van der Waals surface area contributed by atoms with Gasteiger partial charge in [0.15, 0.2) is 5.78 Å². The van der Waals surface area contributed by atoms with Crippen molar-refractivity contribution in [1.29, 1.82) is 0 Å². The molecule has 2 aliphatic carbocycles. The highest BCUT2D eigenvalue weighted by Gasteiger charge is 2.39. The van der Waals surface area contributed by atoms with E-state index in [1.54, 1.807) is 6.92 Å². The van der Waals surface area contributed by atoms with Gasteiger partial charge in [-0.1, -0.05) is 18.2 Å². The van der Waals surface area contributed by atoms with E-state index in [2.05, 4.69) is 18.2 Å². The molecule has 1 unspecified atom stereocenters. The minimum Gasteiger partial charge on any atom is -0.393 e. The quantitative estimate of drug-likeness (QED) is 0.743. The lowest BCUT2D eigenvalue weighted by Crippen LogP contribution is -2.29. The second-order valence-corrected chi connectivity index (χ2v) is 5.15. The number of aliphatic hydroxyl groups is 1. The van der Waals surface area contributed by atoms with Crippen LogP contribution in [0.15, 0.2) is 23.8 Å². The second kappa shape index (κ2) is 4.54. The number of aliphatic hydroxyl groups excluding tert-OH is 1. The van der Waals surface area contributed by atoms with Crippen LogP contribution >= 0.6 is 0 Å². The van der Waals surface area contributed by atoms with Crippen LogP contribution in [0.3, 0.4) is 0 Å². The van der Waals surface area contributed by atoms with Crippen molar-refractivity contribution in [3.8, 4) is 0 Å². The lowest BCUT2D eigenvalue weighted by atomic mass is 9.69. The molecule has 2 heteroatoms. The summed E-state index contributed by atoms with van der Waals surface area (Å²) in [4.78, 5) is 12.1. The highest BCUT2D eigenvalue weighted by molar-refractivity contribution is 5.97. The SMILES string of the molecule is CC(O)CC(=O)C1=CCCCC12CC=CC2. The van der Waals surface area contributed by atoms with Gasteiger partial charge in [0.1, 0.15) is 0 Å². The van der Waals surface area contributed by atoms with Crippen molar-refractivity contribution in [3.05, 3.63) is 23.8 Å². The first-order chi connectivity index (χ1) is 7.64. The Kier molecular flexibility index (Phi) is 3.29. The van der Waals surface area contributed by atoms with E-state index in [0.29, 0.717) is 0 Å². The fourth-order valence-electron chi connectivity index (χ4n) is 2.95. The van der Waals surface area contributed by atoms with Crippen LogP contribution in [0.2, 0.25) is 0 Å². The summed E-state index contributed by atoms with van der Waals surface area (Å²) in [6.45, 7) is 1.68. The van der Waals surface area contributed by atoms with E-state index in [1.807, 2.05) is 0 Å². The fourth-order valence-corrected chi connectivity index (χ4v) is 2.95. The van der Waals surface area contributed by atoms with Gasteiger partial charge >= 0.3 is 0 Å². The maximum atomic E-state index is 12.1. The van der Waals surface area contributed by atoms with Crippen molar-refractivity contribution in [2.75, 3.05) is 0 Å². The van der Waals surface area contributed by atoms with Crippen molar-refractivity contribution in [3.63, 3.8) is 0 Å². The number of hydrogen-bond acceptors (Lipinski definition) is 2. The molecular formula is C14H20O2. The maximum Gasteiger partial charge on any atom is 0.161 e. The summed E-state index contributed by atoms with van der Waals surface area (Å²) in [6, 6.07) is 0. The van der Waals surface area contributed by atoms with Crippen LogP contribution in [-0.4, -0.2) is 17.0 Å². The minimum absolute atomic E-state index is 0.0875. The van der Waals surface area contributed by atoms with Gasteiger partial charge in [0.2, 0.25) is 0 Å². The van der Waals surface area contributed by atoms with Crippen molar-refractivity contribution in [2.45, 2.75) is 51.6 Å². The Balaban J connectivity index is 2.17. The zero-order valence-corrected chi connectivity index (χ0v) is 9.91. The molecule has 2 rings (SSSR count). The first-order valence-electron chi connectivity index (χ1n) is 6.21. The molecule has 0 aromatic heterocycles. The van der Waals surface area contributed by atoms with Gasteiger partial charge in [0.25, 0.3) is 0 Å². The Morgan fingerprint density at radius 2 is 2.19 bits per heavy atom. The maximum absolute atomic E-state index is 12.1. The molecule has 0 heterocycles. The summed E-state index contributed by atoms with van der Waals surface area (Å²) in [5.41, 5.74) is 1.08. The van der Waals surface area contributed by atoms with Gasteiger partial charge in [-0.2, -0.15) is 0 Å². The molecule has 0 aromatic rings. The Bertz CT molecular complexity index is 329. The summed E-state index contributed by atoms with van der Waals surface area (Å²) in [5, 5.41) is 9.32. The van der Waals surface area contributed by atoms with E-state index in [4.69, 9.17) is 0 Å². The van der Waals surface area contributed by atoms with Gasteiger partial charge in [-0.05, 0) is 44.6 Å². The number of carbonyl (C=O) groups excluding carboxylic acids is 1. The lowest BCUT2D eigenvalue weighted by molar-refractivity contribution is -0.118. The van der Waals surface area contributed by atoms with Gasteiger partial charge in [-0.15, -0.1) is 0 Å². The summed E-state index contributed by atoms with van der Waals surface area (Å²) >= 11 is 0. The third-order valence-corrected chi connectivity index (χ3v) is 3.74. The van der Waals surface area contributed by atoms with Crippen LogP contribution in [0, 0.1) is 5.41 Å². The highest BCUT2D eigenvalue weighted by atomic mass is 16.3. The summed E-state index contributed by atoms with van der Waals surface area (Å²) < 4.78 is 0. The molecule has 16 heavy (non-hydrogen) atoms. The molecule has 0 aliphatic heterocycles. The molecule has 1 atom stereocenters. The number of rotatable bonds is 3. The van der Waals surface area contributed by atoms with E-state index in [0.717, 1.165) is 31.3 Å². The molecule has 1 spiro atoms. The van der Waals surface area contributed by atoms with Gasteiger partial charge < -0.3 is 5.11 Å². The predicted molar refractivity (Wildman–Crippen MR) is 64.0 cm³/mol. The molecule has 0 saturated heterocycles. The smallest absolute Gasteiger partial charge is 0.161 e. The Hall–Kier alpha value is -0.890. The molecule has 0 saturated carbocycles. The lowest BCUT2D eigenvalue weighted by Gasteiger charge is -2.34. The average molecular weight is 220 g/mol. The van der Waals surface area contributed by atoms with Crippen LogP contribution in [0.4, 0.5) is 0 Å². The van der Waals surface area contributed by atoms with E-state index < -0.39 is 6.10 Å².